The minimum atomic E-state index is -0.769. The summed E-state index contributed by atoms with van der Waals surface area (Å²) in [5, 5.41) is 14.2. The summed E-state index contributed by atoms with van der Waals surface area (Å²) in [6, 6.07) is 12.0. The second kappa shape index (κ2) is 7.09. The molecule has 0 saturated heterocycles. The van der Waals surface area contributed by atoms with Crippen LogP contribution in [0.25, 0.3) is 0 Å². The van der Waals surface area contributed by atoms with Gasteiger partial charge in [0.05, 0.1) is 23.0 Å². The van der Waals surface area contributed by atoms with Crippen molar-refractivity contribution in [3.63, 3.8) is 0 Å². The van der Waals surface area contributed by atoms with Crippen molar-refractivity contribution in [3.05, 3.63) is 91.8 Å². The van der Waals surface area contributed by atoms with E-state index in [1.54, 1.807) is 17.5 Å². The number of hydrogen-bond donors (Lipinski definition) is 1. The molecule has 1 aliphatic heterocycles. The van der Waals surface area contributed by atoms with Crippen molar-refractivity contribution in [2.45, 2.75) is 12.6 Å². The average Bonchev–Trinajstić information content (AvgIpc) is 3.41. The number of rotatable bonds is 5. The smallest absolute Gasteiger partial charge is 0.290 e. The van der Waals surface area contributed by atoms with Gasteiger partial charge in [-0.05, 0) is 40.6 Å². The number of carbonyl (C=O) groups excluding carboxylic acids is 2. The van der Waals surface area contributed by atoms with Gasteiger partial charge in [-0.2, -0.15) is 0 Å². The molecule has 4 nitrogen and oxygen atoms in total. The Balaban J connectivity index is 1.80. The molecule has 0 spiro atoms. The lowest BCUT2D eigenvalue weighted by Gasteiger charge is -2.26. The number of benzene rings is 1. The summed E-state index contributed by atoms with van der Waals surface area (Å²) in [7, 11) is 0. The maximum atomic E-state index is 13.4. The standard InChI is InChI=1S/C20H14FNO3S2/c21-13-7-5-12(6-8-13)17-16(18(23)15-4-2-10-27-15)19(24)20(25)22(17)11-14-3-1-9-26-14/h1-10,17,24H,11H2. The fourth-order valence-corrected chi connectivity index (χ4v) is 4.53. The molecule has 0 saturated carbocycles. The highest BCUT2D eigenvalue weighted by Crippen LogP contribution is 2.40. The topological polar surface area (TPSA) is 57.6 Å². The third kappa shape index (κ3) is 3.20. The van der Waals surface area contributed by atoms with Crippen LogP contribution in [0.5, 0.6) is 0 Å². The van der Waals surface area contributed by atoms with Crippen LogP contribution in [-0.2, 0) is 11.3 Å². The van der Waals surface area contributed by atoms with Crippen LogP contribution in [-0.4, -0.2) is 21.7 Å². The van der Waals surface area contributed by atoms with Crippen molar-refractivity contribution in [2.75, 3.05) is 0 Å². The van der Waals surface area contributed by atoms with Gasteiger partial charge in [-0.25, -0.2) is 4.39 Å². The van der Waals surface area contributed by atoms with E-state index in [0.29, 0.717) is 10.4 Å². The van der Waals surface area contributed by atoms with E-state index >= 15 is 0 Å². The van der Waals surface area contributed by atoms with Crippen molar-refractivity contribution < 1.29 is 19.1 Å². The van der Waals surface area contributed by atoms with Crippen LogP contribution in [0.15, 0.2) is 70.6 Å². The average molecular weight is 399 g/mol. The van der Waals surface area contributed by atoms with Gasteiger partial charge < -0.3 is 10.0 Å². The fourth-order valence-electron chi connectivity index (χ4n) is 3.15. The molecule has 1 aromatic carbocycles. The molecule has 7 heteroatoms. The van der Waals surface area contributed by atoms with Crippen LogP contribution in [0.3, 0.4) is 0 Å². The van der Waals surface area contributed by atoms with Crippen LogP contribution in [0.1, 0.15) is 26.2 Å². The van der Waals surface area contributed by atoms with Gasteiger partial charge in [0.2, 0.25) is 5.78 Å². The number of amides is 1. The van der Waals surface area contributed by atoms with Crippen molar-refractivity contribution in [3.8, 4) is 0 Å². The quantitative estimate of drug-likeness (QED) is 0.631. The van der Waals surface area contributed by atoms with Gasteiger partial charge in [0.25, 0.3) is 5.91 Å². The molecule has 136 valence electrons. The Morgan fingerprint density at radius 1 is 1.07 bits per heavy atom. The zero-order valence-corrected chi connectivity index (χ0v) is 15.6. The molecule has 27 heavy (non-hydrogen) atoms. The first-order valence-corrected chi connectivity index (χ1v) is 9.92. The van der Waals surface area contributed by atoms with Crippen LogP contribution in [0, 0.1) is 5.82 Å². The van der Waals surface area contributed by atoms with E-state index in [4.69, 9.17) is 0 Å². The van der Waals surface area contributed by atoms with Crippen molar-refractivity contribution in [2.24, 2.45) is 0 Å². The summed E-state index contributed by atoms with van der Waals surface area (Å²) in [4.78, 5) is 28.6. The second-order valence-electron chi connectivity index (χ2n) is 6.04. The third-order valence-corrected chi connectivity index (χ3v) is 6.12. The first kappa shape index (κ1) is 17.6. The maximum Gasteiger partial charge on any atom is 0.290 e. The Morgan fingerprint density at radius 3 is 2.41 bits per heavy atom. The highest BCUT2D eigenvalue weighted by Gasteiger charge is 2.44. The molecular formula is C20H14FNO3S2. The molecule has 0 radical (unpaired) electrons. The van der Waals surface area contributed by atoms with E-state index in [0.717, 1.165) is 4.88 Å². The lowest BCUT2D eigenvalue weighted by molar-refractivity contribution is -0.130. The summed E-state index contributed by atoms with van der Waals surface area (Å²) in [5.41, 5.74) is 0.607. The van der Waals surface area contributed by atoms with Crippen molar-refractivity contribution >= 4 is 34.4 Å². The predicted octanol–water partition coefficient (Wildman–Crippen LogP) is 4.73. The van der Waals surface area contributed by atoms with Gasteiger partial charge in [-0.3, -0.25) is 9.59 Å². The highest BCUT2D eigenvalue weighted by atomic mass is 32.1. The Morgan fingerprint density at radius 2 is 1.78 bits per heavy atom. The first-order chi connectivity index (χ1) is 13.1. The Hall–Kier alpha value is -2.77. The summed E-state index contributed by atoms with van der Waals surface area (Å²) in [6.45, 7) is 0.254. The van der Waals surface area contributed by atoms with E-state index < -0.39 is 23.5 Å². The number of carbonyl (C=O) groups is 2. The van der Waals surface area contributed by atoms with Crippen LogP contribution in [0.4, 0.5) is 4.39 Å². The van der Waals surface area contributed by atoms with Gasteiger partial charge in [0.1, 0.15) is 5.82 Å². The molecule has 1 N–H and O–H groups in total. The van der Waals surface area contributed by atoms with Gasteiger partial charge in [0, 0.05) is 4.88 Å². The van der Waals surface area contributed by atoms with E-state index in [2.05, 4.69) is 0 Å². The maximum absolute atomic E-state index is 13.4. The van der Waals surface area contributed by atoms with Crippen molar-refractivity contribution in [1.29, 1.82) is 0 Å². The largest absolute Gasteiger partial charge is 0.503 e. The molecule has 1 aliphatic rings. The second-order valence-corrected chi connectivity index (χ2v) is 8.02. The summed E-state index contributed by atoms with van der Waals surface area (Å²) in [6.07, 6.45) is 0. The van der Waals surface area contributed by atoms with Crippen molar-refractivity contribution in [1.82, 2.24) is 4.90 Å². The van der Waals surface area contributed by atoms with Crippen LogP contribution < -0.4 is 0 Å². The molecule has 1 amide bonds. The van der Waals surface area contributed by atoms with Crippen LogP contribution in [0.2, 0.25) is 0 Å². The third-order valence-electron chi connectivity index (χ3n) is 4.39. The minimum Gasteiger partial charge on any atom is -0.503 e. The van der Waals surface area contributed by atoms with E-state index in [1.165, 1.54) is 51.8 Å². The van der Waals surface area contributed by atoms with E-state index in [9.17, 15) is 19.1 Å². The zero-order chi connectivity index (χ0) is 19.0. The lowest BCUT2D eigenvalue weighted by Crippen LogP contribution is -2.30. The summed E-state index contributed by atoms with van der Waals surface area (Å²) in [5.74, 6) is -1.94. The highest BCUT2D eigenvalue weighted by molar-refractivity contribution is 7.12. The molecule has 4 rings (SSSR count). The zero-order valence-electron chi connectivity index (χ0n) is 14.0. The van der Waals surface area contributed by atoms with Gasteiger partial charge >= 0.3 is 0 Å². The number of aliphatic hydroxyl groups is 1. The minimum absolute atomic E-state index is 0.0330. The Bertz CT molecular complexity index is 1010. The molecule has 0 aliphatic carbocycles. The molecule has 0 fully saturated rings. The number of thiophene rings is 2. The molecule has 1 atom stereocenters. The number of Topliss-reactive ketones (excluding diaryl/α,β-unsaturated/α-hetero) is 1. The summed E-state index contributed by atoms with van der Waals surface area (Å²) >= 11 is 2.73. The number of aliphatic hydroxyl groups excluding tert-OH is 1. The first-order valence-electron chi connectivity index (χ1n) is 8.16. The molecule has 1 unspecified atom stereocenters. The fraction of sp³-hybridized carbons (Fsp3) is 0.100. The lowest BCUT2D eigenvalue weighted by atomic mass is 9.95. The monoisotopic (exact) mass is 399 g/mol. The van der Waals surface area contributed by atoms with E-state index in [1.807, 2.05) is 17.5 Å². The predicted molar refractivity (Wildman–Crippen MR) is 102 cm³/mol. The Labute approximate surface area is 162 Å². The molecule has 2 aromatic heterocycles. The SMILES string of the molecule is O=C(C1=C(O)C(=O)N(Cc2cccs2)C1c1ccc(F)cc1)c1cccs1. The van der Waals surface area contributed by atoms with Gasteiger partial charge in [0.15, 0.2) is 5.76 Å². The number of halogens is 1. The summed E-state index contributed by atoms with van der Waals surface area (Å²) < 4.78 is 13.4. The normalized spacial score (nSPS) is 17.0. The molecular weight excluding hydrogens is 385 g/mol. The van der Waals surface area contributed by atoms with Gasteiger partial charge in [-0.1, -0.05) is 24.3 Å². The molecule has 3 heterocycles. The Kier molecular flexibility index (Phi) is 4.63. The molecule has 0 bridgehead atoms. The van der Waals surface area contributed by atoms with E-state index in [-0.39, 0.29) is 17.9 Å². The van der Waals surface area contributed by atoms with Gasteiger partial charge in [-0.15, -0.1) is 22.7 Å². The van der Waals surface area contributed by atoms with Crippen LogP contribution >= 0.6 is 22.7 Å². The number of ketones is 1. The number of hydrogen-bond acceptors (Lipinski definition) is 5. The molecule has 3 aromatic rings. The number of nitrogens with zero attached hydrogens (tertiary/aromatic N) is 1.